The lowest BCUT2D eigenvalue weighted by Gasteiger charge is -2.13. The van der Waals surface area contributed by atoms with Gasteiger partial charge in [-0.1, -0.05) is 17.7 Å². The minimum absolute atomic E-state index is 0.149. The number of allylic oxidation sites excluding steroid dienone is 1. The van der Waals surface area contributed by atoms with Gasteiger partial charge in [0.1, 0.15) is 11.6 Å². The summed E-state index contributed by atoms with van der Waals surface area (Å²) in [7, 11) is 0. The van der Waals surface area contributed by atoms with Crippen LogP contribution in [0.5, 0.6) is 0 Å². The molecule has 9 heteroatoms. The van der Waals surface area contributed by atoms with Crippen molar-refractivity contribution in [2.45, 2.75) is 13.0 Å². The largest absolute Gasteiger partial charge is 0.311 e. The van der Waals surface area contributed by atoms with E-state index < -0.39 is 11.6 Å². The maximum Gasteiger partial charge on any atom is 0.144 e. The average molecular weight is 463 g/mol. The molecule has 4 aromatic rings. The second-order valence-corrected chi connectivity index (χ2v) is 8.38. The van der Waals surface area contributed by atoms with Gasteiger partial charge >= 0.3 is 0 Å². The number of aliphatic imine (C=N–C) groups is 1. The molecule has 2 aliphatic rings. The van der Waals surface area contributed by atoms with E-state index in [2.05, 4.69) is 25.5 Å². The Labute approximate surface area is 192 Å². The highest BCUT2D eigenvalue weighted by Gasteiger charge is 2.23. The average Bonchev–Trinajstić information content (AvgIpc) is 3.48. The molecule has 2 N–H and O–H groups in total. The van der Waals surface area contributed by atoms with Crippen LogP contribution in [0.4, 0.5) is 8.78 Å². The molecule has 2 aliphatic heterocycles. The van der Waals surface area contributed by atoms with Gasteiger partial charge < -0.3 is 5.32 Å². The summed E-state index contributed by atoms with van der Waals surface area (Å²) in [4.78, 5) is 13.8. The Kier molecular flexibility index (Phi) is 4.78. The first-order chi connectivity index (χ1) is 16.1. The molecule has 0 fully saturated rings. The lowest BCUT2D eigenvalue weighted by molar-refractivity contribution is 0.582. The van der Waals surface area contributed by atoms with Crippen LogP contribution in [-0.2, 0) is 13.0 Å². The molecule has 0 saturated heterocycles. The van der Waals surface area contributed by atoms with E-state index in [1.807, 2.05) is 24.3 Å². The summed E-state index contributed by atoms with van der Waals surface area (Å²) in [5, 5.41) is 10.8. The van der Waals surface area contributed by atoms with Crippen LogP contribution in [0.2, 0.25) is 5.02 Å². The number of hydrogen-bond acceptors (Lipinski definition) is 5. The Morgan fingerprint density at radius 1 is 1.03 bits per heavy atom. The monoisotopic (exact) mass is 462 g/mol. The first-order valence-corrected chi connectivity index (χ1v) is 10.9. The molecule has 0 aliphatic carbocycles. The Morgan fingerprint density at radius 2 is 1.94 bits per heavy atom. The van der Waals surface area contributed by atoms with Crippen LogP contribution < -0.4 is 5.32 Å². The molecule has 6 nitrogen and oxygen atoms in total. The van der Waals surface area contributed by atoms with Gasteiger partial charge in [0, 0.05) is 41.1 Å². The highest BCUT2D eigenvalue weighted by atomic mass is 35.5. The molecule has 0 atom stereocenters. The van der Waals surface area contributed by atoms with Crippen LogP contribution in [0.15, 0.2) is 47.6 Å². The van der Waals surface area contributed by atoms with Crippen LogP contribution in [0.25, 0.3) is 27.9 Å². The Balaban J connectivity index is 1.40. The van der Waals surface area contributed by atoms with E-state index >= 15 is 0 Å². The van der Waals surface area contributed by atoms with Gasteiger partial charge in [0.05, 0.1) is 45.4 Å². The number of aromatic nitrogens is 4. The number of fused-ring (bicyclic) bond motifs is 2. The second-order valence-electron chi connectivity index (χ2n) is 7.97. The highest BCUT2D eigenvalue weighted by molar-refractivity contribution is 6.35. The first-order valence-electron chi connectivity index (χ1n) is 10.5. The van der Waals surface area contributed by atoms with Crippen molar-refractivity contribution in [2.75, 3.05) is 13.1 Å². The quantitative estimate of drug-likeness (QED) is 0.440. The number of benzene rings is 1. The van der Waals surface area contributed by atoms with E-state index in [0.717, 1.165) is 48.0 Å². The molecule has 1 aromatic carbocycles. The maximum atomic E-state index is 14.5. The van der Waals surface area contributed by atoms with E-state index in [4.69, 9.17) is 16.6 Å². The molecule has 0 radical (unpaired) electrons. The third-order valence-corrected chi connectivity index (χ3v) is 6.25. The summed E-state index contributed by atoms with van der Waals surface area (Å²) < 4.78 is 28.2. The molecule has 164 valence electrons. The lowest BCUT2D eigenvalue weighted by atomic mass is 9.99. The third kappa shape index (κ3) is 3.42. The van der Waals surface area contributed by atoms with Crippen LogP contribution >= 0.6 is 11.6 Å². The van der Waals surface area contributed by atoms with Crippen LogP contribution in [0, 0.1) is 11.6 Å². The van der Waals surface area contributed by atoms with Crippen molar-refractivity contribution in [3.63, 3.8) is 0 Å². The number of halogens is 3. The summed E-state index contributed by atoms with van der Waals surface area (Å²) >= 11 is 5.90. The van der Waals surface area contributed by atoms with Gasteiger partial charge in [0.15, 0.2) is 0 Å². The number of aromatic amines is 1. The number of rotatable bonds is 3. The summed E-state index contributed by atoms with van der Waals surface area (Å²) in [6.07, 6.45) is 4.57. The summed E-state index contributed by atoms with van der Waals surface area (Å²) in [5.74, 6) is -1.52. The van der Waals surface area contributed by atoms with Crippen LogP contribution in [-0.4, -0.2) is 39.0 Å². The summed E-state index contributed by atoms with van der Waals surface area (Å²) in [5.41, 5.74) is 7.35. The van der Waals surface area contributed by atoms with Crippen molar-refractivity contribution in [1.29, 1.82) is 0 Å². The zero-order valence-corrected chi connectivity index (χ0v) is 18.0. The summed E-state index contributed by atoms with van der Waals surface area (Å²) in [6.45, 7) is 2.06. The predicted octanol–water partition coefficient (Wildman–Crippen LogP) is 4.48. The van der Waals surface area contributed by atoms with Crippen LogP contribution in [0.1, 0.15) is 22.5 Å². The first kappa shape index (κ1) is 20.1. The maximum absolute atomic E-state index is 14.5. The molecule has 3 aromatic heterocycles. The molecule has 0 bridgehead atoms. The van der Waals surface area contributed by atoms with Gasteiger partial charge in [0.2, 0.25) is 0 Å². The smallest absolute Gasteiger partial charge is 0.144 e. The zero-order chi connectivity index (χ0) is 22.5. The Bertz CT molecular complexity index is 1490. The number of pyridine rings is 2. The van der Waals surface area contributed by atoms with Crippen molar-refractivity contribution >= 4 is 33.9 Å². The zero-order valence-electron chi connectivity index (χ0n) is 17.3. The normalized spacial score (nSPS) is 15.5. The Hall–Kier alpha value is -3.49. The van der Waals surface area contributed by atoms with E-state index in [-0.39, 0.29) is 10.6 Å². The fourth-order valence-electron chi connectivity index (χ4n) is 4.34. The predicted molar refractivity (Wildman–Crippen MR) is 123 cm³/mol. The molecular weight excluding hydrogens is 446 g/mol. The molecule has 0 amide bonds. The summed E-state index contributed by atoms with van der Waals surface area (Å²) in [6, 6.07) is 7.70. The fourth-order valence-corrected chi connectivity index (χ4v) is 4.50. The van der Waals surface area contributed by atoms with Gasteiger partial charge in [-0.05, 0) is 37.2 Å². The van der Waals surface area contributed by atoms with Gasteiger partial charge in [-0.15, -0.1) is 0 Å². The SMILES string of the molecule is Fc1cc(F)c(C2=NCC=C2c2ccc3ncc(-c4n[nH]c5c4CCNC5)cc3n2)cc1Cl. The third-order valence-electron chi connectivity index (χ3n) is 5.96. The van der Waals surface area contributed by atoms with E-state index in [1.165, 1.54) is 11.6 Å². The molecule has 33 heavy (non-hydrogen) atoms. The molecule has 0 saturated carbocycles. The lowest BCUT2D eigenvalue weighted by Crippen LogP contribution is -2.23. The molecule has 6 rings (SSSR count). The van der Waals surface area contributed by atoms with Crippen molar-refractivity contribution in [3.05, 3.63) is 81.8 Å². The standard InChI is InChI=1S/C24H17ClF2N6/c25-16-8-15(17(26)9-18(16)27)24-13(4-6-29-24)19-1-2-20-21(31-19)7-12(10-30-20)23-14-3-5-28-11-22(14)32-33-23/h1-2,4,7-10,28H,3,5-6,11H2,(H,32,33). The molecule has 5 heterocycles. The minimum Gasteiger partial charge on any atom is -0.311 e. The minimum atomic E-state index is -0.805. The number of nitrogens with one attached hydrogen (secondary N) is 2. The number of H-pyrrole nitrogens is 1. The molecule has 0 spiro atoms. The number of nitrogens with zero attached hydrogens (tertiary/aromatic N) is 4. The number of hydrogen-bond donors (Lipinski definition) is 2. The van der Waals surface area contributed by atoms with Gasteiger partial charge in [0.25, 0.3) is 0 Å². The van der Waals surface area contributed by atoms with Crippen molar-refractivity contribution < 1.29 is 8.78 Å². The van der Waals surface area contributed by atoms with E-state index in [9.17, 15) is 8.78 Å². The van der Waals surface area contributed by atoms with E-state index in [1.54, 1.807) is 6.20 Å². The van der Waals surface area contributed by atoms with Crippen LogP contribution in [0.3, 0.4) is 0 Å². The van der Waals surface area contributed by atoms with E-state index in [0.29, 0.717) is 29.0 Å². The van der Waals surface area contributed by atoms with Gasteiger partial charge in [-0.3, -0.25) is 15.1 Å². The Morgan fingerprint density at radius 3 is 2.85 bits per heavy atom. The van der Waals surface area contributed by atoms with Gasteiger partial charge in [-0.2, -0.15) is 5.10 Å². The topological polar surface area (TPSA) is 78.8 Å². The molecule has 0 unspecified atom stereocenters. The van der Waals surface area contributed by atoms with Crippen molar-refractivity contribution in [3.8, 4) is 11.3 Å². The van der Waals surface area contributed by atoms with Crippen molar-refractivity contribution in [1.82, 2.24) is 25.5 Å². The van der Waals surface area contributed by atoms with Crippen molar-refractivity contribution in [2.24, 2.45) is 4.99 Å². The second kappa shape index (κ2) is 7.83. The fraction of sp³-hybridized carbons (Fsp3) is 0.167. The highest BCUT2D eigenvalue weighted by Crippen LogP contribution is 2.31. The van der Waals surface area contributed by atoms with Gasteiger partial charge in [-0.25, -0.2) is 13.8 Å². The molecular formula is C24H17ClF2N6.